The number of aldehydes is 1. The van der Waals surface area contributed by atoms with Crippen LogP contribution in [0.2, 0.25) is 60.3 Å². The van der Waals surface area contributed by atoms with Gasteiger partial charge in [0.05, 0.1) is 40.8 Å². The number of phenols is 1. The van der Waals surface area contributed by atoms with E-state index < -0.39 is 19.1 Å². The Morgan fingerprint density at radius 3 is 1.25 bits per heavy atom. The molecule has 0 spiro atoms. The SMILES string of the molecule is C#CC(=O)OC(C)C.CC(C)OC(=O)/C=C\n1cnc(-c2cc(Cl)cc(Oc3ccc(Cl)cc3)c2)n1.CSC(N)c1cc(Cl)cc(Oc2ccc(Cl)cc2)c1.Clc1ccc(Oc2cc(Cl)cc(-c3ncn[nH]3)c2)cc1.N#Cc1cc(Cl)cc(Oc2ccc(Cl)cc2)c1.N#Cc1cc(O)cc(Cl)c1.NC(=S)c1cc(Cl)cc(Oc2ccc(Cl)cc2)c1.NCC=O.OB(O)c1ccc(Cl)cc1. The van der Waals surface area contributed by atoms with Gasteiger partial charge in [0, 0.05) is 102 Å². The first-order chi connectivity index (χ1) is 63.9. The number of benzene rings is 12. The Kier molecular flexibility index (Phi) is 48.9. The van der Waals surface area contributed by atoms with Gasteiger partial charge in [-0.15, -0.1) is 23.3 Å². The minimum Gasteiger partial charge on any atom is -0.508 e. The van der Waals surface area contributed by atoms with Gasteiger partial charge in [-0.25, -0.2) is 24.2 Å². The molecule has 0 radical (unpaired) electrons. The van der Waals surface area contributed by atoms with Crippen molar-refractivity contribution in [1.29, 1.82) is 10.5 Å². The molecule has 134 heavy (non-hydrogen) atoms. The summed E-state index contributed by atoms with van der Waals surface area (Å²) in [6.07, 6.45) is 12.7. The van der Waals surface area contributed by atoms with Crippen molar-refractivity contribution < 1.29 is 62.7 Å². The number of phenolic OH excluding ortho intramolecular Hbond substituents is 1. The van der Waals surface area contributed by atoms with E-state index in [1.165, 1.54) is 47.8 Å². The zero-order valence-electron chi connectivity index (χ0n) is 70.9. The van der Waals surface area contributed by atoms with Gasteiger partial charge in [-0.05, 0) is 288 Å². The molecule has 690 valence electrons. The van der Waals surface area contributed by atoms with Crippen molar-refractivity contribution >= 4 is 205 Å². The molecule has 0 aliphatic heterocycles. The quantitative estimate of drug-likeness (QED) is 0.00513. The molecule has 39 heteroatoms. The number of nitriles is 2. The Balaban J connectivity index is 0.000000240. The van der Waals surface area contributed by atoms with Gasteiger partial charge in [-0.1, -0.05) is 164 Å². The van der Waals surface area contributed by atoms with Gasteiger partial charge in [0.25, 0.3) is 0 Å². The fourth-order valence-electron chi connectivity index (χ4n) is 9.85. The second kappa shape index (κ2) is 59.1. The number of carbonyl (C=O) groups excluding carboxylic acids is 3. The van der Waals surface area contributed by atoms with E-state index in [9.17, 15) is 9.59 Å². The van der Waals surface area contributed by atoms with Crippen LogP contribution in [0.25, 0.3) is 29.0 Å². The van der Waals surface area contributed by atoms with E-state index in [4.69, 9.17) is 228 Å². The summed E-state index contributed by atoms with van der Waals surface area (Å²) in [5.74, 6) is 8.11. The average Bonchev–Trinajstić information content (AvgIpc) is 1.60. The van der Waals surface area contributed by atoms with Crippen LogP contribution < -0.4 is 46.3 Å². The number of hydrogen-bond acceptors (Lipinski definition) is 23. The zero-order valence-corrected chi connectivity index (χ0v) is 81.6. The maximum atomic E-state index is 11.6. The van der Waals surface area contributed by atoms with Crippen molar-refractivity contribution in [3.63, 3.8) is 0 Å². The van der Waals surface area contributed by atoms with E-state index in [-0.39, 0.29) is 34.9 Å². The van der Waals surface area contributed by atoms with Gasteiger partial charge >= 0.3 is 19.1 Å². The van der Waals surface area contributed by atoms with Crippen LogP contribution in [0, 0.1) is 35.0 Å². The number of rotatable bonds is 21. The predicted molar refractivity (Wildman–Crippen MR) is 541 cm³/mol. The lowest BCUT2D eigenvalue weighted by Gasteiger charge is -2.12. The van der Waals surface area contributed by atoms with Gasteiger partial charge < -0.3 is 70.3 Å². The lowest BCUT2D eigenvalue weighted by atomic mass is 9.81. The smallest absolute Gasteiger partial charge is 0.488 e. The third-order valence-corrected chi connectivity index (χ3v) is 19.4. The molecule has 0 aliphatic carbocycles. The molecule has 0 saturated carbocycles. The molecule has 24 nitrogen and oxygen atoms in total. The molecule has 2 aromatic heterocycles. The van der Waals surface area contributed by atoms with Crippen molar-refractivity contribution in [3.05, 3.63) is 356 Å². The second-order valence-corrected chi connectivity index (χ2v) is 33.4. The number of aromatic amines is 1. The number of halogens is 12. The second-order valence-electron chi connectivity index (χ2n) is 26.8. The Morgan fingerprint density at radius 1 is 0.507 bits per heavy atom. The minimum atomic E-state index is -1.41. The summed E-state index contributed by atoms with van der Waals surface area (Å²) in [5.41, 5.74) is 20.6. The summed E-state index contributed by atoms with van der Waals surface area (Å²) in [6, 6.07) is 75.7. The van der Waals surface area contributed by atoms with Gasteiger partial charge in [0.15, 0.2) is 11.6 Å². The van der Waals surface area contributed by atoms with Gasteiger partial charge in [0.1, 0.15) is 87.2 Å². The number of thioether (sulfide) groups is 1. The summed E-state index contributed by atoms with van der Waals surface area (Å²) in [6.45, 7) is 7.19. The van der Waals surface area contributed by atoms with Crippen molar-refractivity contribution in [1.82, 2.24) is 29.9 Å². The molecule has 0 aliphatic rings. The van der Waals surface area contributed by atoms with Gasteiger partial charge in [0.2, 0.25) is 0 Å². The maximum absolute atomic E-state index is 11.6. The number of terminal acetylenes is 1. The van der Waals surface area contributed by atoms with Crippen molar-refractivity contribution in [2.75, 3.05) is 12.8 Å². The number of nitrogens with zero attached hydrogens (tertiary/aromatic N) is 7. The van der Waals surface area contributed by atoms with Crippen LogP contribution in [-0.4, -0.2) is 100 Å². The molecule has 1 atom stereocenters. The fraction of sp³-hybridized carbons (Fsp3) is 0.0947. The van der Waals surface area contributed by atoms with Crippen LogP contribution >= 0.6 is 163 Å². The van der Waals surface area contributed by atoms with Crippen LogP contribution in [0.1, 0.15) is 55.3 Å². The minimum absolute atomic E-state index is 0.0176. The van der Waals surface area contributed by atoms with Crippen LogP contribution in [-0.2, 0) is 23.9 Å². The monoisotopic (exact) mass is 2080 g/mol. The molecule has 0 fully saturated rings. The van der Waals surface area contributed by atoms with E-state index in [0.29, 0.717) is 163 Å². The molecule has 12 aromatic carbocycles. The number of nitrogens with one attached hydrogen (secondary N) is 1. The van der Waals surface area contributed by atoms with E-state index in [0.717, 1.165) is 11.1 Å². The molecule has 1 unspecified atom stereocenters. The lowest BCUT2D eigenvalue weighted by molar-refractivity contribution is -0.141. The summed E-state index contributed by atoms with van der Waals surface area (Å²) in [4.78, 5) is 39.4. The van der Waals surface area contributed by atoms with Gasteiger partial charge in [-0.2, -0.15) is 15.6 Å². The molecule has 0 amide bonds. The Labute approximate surface area is 842 Å². The molecular weight excluding hydrogens is 2000 g/mol. The van der Waals surface area contributed by atoms with E-state index >= 15 is 0 Å². The van der Waals surface area contributed by atoms with Crippen molar-refractivity contribution in [2.24, 2.45) is 17.2 Å². The van der Waals surface area contributed by atoms with E-state index in [1.54, 1.807) is 258 Å². The highest BCUT2D eigenvalue weighted by atomic mass is 35.5. The Morgan fingerprint density at radius 2 is 0.881 bits per heavy atom. The van der Waals surface area contributed by atoms with Crippen LogP contribution in [0.4, 0.5) is 0 Å². The van der Waals surface area contributed by atoms with Crippen molar-refractivity contribution in [2.45, 2.75) is 45.3 Å². The number of ether oxygens (including phenoxy) is 7. The molecular formula is C95H78BCl12N11O13S2. The number of aromatic hydroxyl groups is 1. The highest BCUT2D eigenvalue weighted by Crippen LogP contribution is 2.36. The van der Waals surface area contributed by atoms with Gasteiger partial charge in [-0.3, -0.25) is 5.10 Å². The Bertz CT molecular complexity index is 6270. The van der Waals surface area contributed by atoms with Crippen LogP contribution in [0.15, 0.2) is 274 Å². The maximum Gasteiger partial charge on any atom is 0.488 e. The first-order valence-electron chi connectivity index (χ1n) is 38.6. The largest absolute Gasteiger partial charge is 0.508 e. The number of aromatic nitrogens is 6. The number of esters is 2. The fourth-order valence-corrected chi connectivity index (χ4v) is 12.5. The first kappa shape index (κ1) is 111. The number of H-pyrrole nitrogens is 1. The number of carbonyl (C=O) groups is 3. The lowest BCUT2D eigenvalue weighted by Crippen LogP contribution is -2.29. The normalized spacial score (nSPS) is 10.3. The number of nitrogens with two attached hydrogens (primary N) is 3. The Hall–Kier alpha value is -11.8. The molecule has 0 saturated heterocycles. The van der Waals surface area contributed by atoms with Crippen molar-refractivity contribution in [3.8, 4) is 111 Å². The molecule has 14 aromatic rings. The van der Waals surface area contributed by atoms with Crippen LogP contribution in [0.3, 0.4) is 0 Å². The molecule has 10 N–H and O–H groups in total. The summed E-state index contributed by atoms with van der Waals surface area (Å²) in [5, 5.41) is 60.9. The zero-order chi connectivity index (χ0) is 98.3. The third kappa shape index (κ3) is 43.5. The standard InChI is InChI=1S/C20H17Cl2N3O3.C14H9Cl2N3O.C14H13Cl2NOS.C13H9Cl2NOS.C13H7Cl2NO.C7H4ClNO.C6H6BClO2.C6H8O2.C2H5NO/c1-13(2)27-19(26)7-8-25-12-23-20(24-25)14-9-16(22)11-18(10-14)28-17-5-3-15(21)4-6-17;15-10-1-3-12(4-2-10)20-13-6-9(5-11(16)7-13)14-17-8-18-19-14;1-19-14(17)9-6-11(16)8-13(7-9)18-12-4-2-10(15)3-5-12;14-9-1-3-11(4-2-9)17-12-6-8(13(16)18)5-10(15)7-12;14-10-1-3-12(4-2-10)17-13-6-9(8-16)5-11(15)7-13;8-6-1-5(4-9)2-7(10)3-6;8-6-3-1-5(2-4-6)7(9)10;1-4-6(7)8-5(2)3;3-1-2-4/h3-13H,1-2H3;1-8H,(H,17,18,19);2-8,14H,17H2,1H3;1-7H,(H2,16,18);1-7H;1-3,10H;1-4,9-10H;1,5H,2-3H3;2H,1,3H2/b8-7-;;;;;;;;. The predicted octanol–water partition coefficient (Wildman–Crippen LogP) is 25.9. The number of hydrogen-bond donors (Lipinski definition) is 7. The summed E-state index contributed by atoms with van der Waals surface area (Å²) >= 11 is 76.9. The highest BCUT2D eigenvalue weighted by Gasteiger charge is 2.15. The van der Waals surface area contributed by atoms with Crippen LogP contribution in [0.5, 0.6) is 63.2 Å². The summed E-state index contributed by atoms with van der Waals surface area (Å²) in [7, 11) is -1.41. The molecule has 2 heterocycles. The summed E-state index contributed by atoms with van der Waals surface area (Å²) < 4.78 is 39.5. The molecule has 0 bridgehead atoms. The first-order valence-corrected chi connectivity index (χ1v) is 44.8. The van der Waals surface area contributed by atoms with E-state index in [2.05, 4.69) is 35.7 Å². The molecule has 14 rings (SSSR count). The third-order valence-electron chi connectivity index (χ3n) is 15.5. The topological polar surface area (TPSA) is 374 Å². The van der Waals surface area contributed by atoms with E-state index in [1.807, 2.05) is 42.5 Å². The highest BCUT2D eigenvalue weighted by molar-refractivity contribution is 7.98. The average molecular weight is 2080 g/mol. The number of thiocarbonyl (C=S) groups is 1.